The molecule has 122 valence electrons. The van der Waals surface area contributed by atoms with E-state index < -0.39 is 0 Å². The van der Waals surface area contributed by atoms with Crippen LogP contribution in [0, 0.1) is 11.8 Å². The number of H-pyrrole nitrogens is 1. The molecule has 0 spiro atoms. The van der Waals surface area contributed by atoms with Crippen molar-refractivity contribution in [1.29, 1.82) is 0 Å². The van der Waals surface area contributed by atoms with E-state index in [1.165, 1.54) is 12.8 Å². The lowest BCUT2D eigenvalue weighted by Gasteiger charge is -2.28. The maximum absolute atomic E-state index is 12.2. The van der Waals surface area contributed by atoms with Gasteiger partial charge in [0.15, 0.2) is 0 Å². The lowest BCUT2D eigenvalue weighted by molar-refractivity contribution is -0.117. The molecule has 1 aromatic heterocycles. The van der Waals surface area contributed by atoms with E-state index in [0.29, 0.717) is 18.3 Å². The van der Waals surface area contributed by atoms with Crippen LogP contribution in [0.3, 0.4) is 0 Å². The topological polar surface area (TPSA) is 69.8 Å². The van der Waals surface area contributed by atoms with Crippen LogP contribution < -0.4 is 10.6 Å². The van der Waals surface area contributed by atoms with Crippen LogP contribution >= 0.6 is 0 Å². The van der Waals surface area contributed by atoms with E-state index in [1.54, 1.807) is 6.20 Å². The summed E-state index contributed by atoms with van der Waals surface area (Å²) in [6, 6.07) is 9.75. The summed E-state index contributed by atoms with van der Waals surface area (Å²) in [5.41, 5.74) is 2.87. The molecule has 1 aliphatic rings. The average molecular weight is 312 g/mol. The SMILES string of the molecule is CC(CC(=O)Nc1ccc(-c2ccn[nH]2)cc1)C1CCCNC1. The zero-order valence-electron chi connectivity index (χ0n) is 13.5. The molecular weight excluding hydrogens is 288 g/mol. The molecule has 1 aromatic carbocycles. The maximum Gasteiger partial charge on any atom is 0.224 e. The Balaban J connectivity index is 1.53. The van der Waals surface area contributed by atoms with Gasteiger partial charge in [-0.05, 0) is 61.5 Å². The Hall–Kier alpha value is -2.14. The highest BCUT2D eigenvalue weighted by atomic mass is 16.1. The standard InChI is InChI=1S/C18H24N4O/c1-13(15-3-2-9-19-12-15)11-18(23)21-16-6-4-14(5-7-16)17-8-10-20-22-17/h4-8,10,13,15,19H,2-3,9,11-12H2,1H3,(H,20,22)(H,21,23). The summed E-state index contributed by atoms with van der Waals surface area (Å²) >= 11 is 0. The number of carbonyl (C=O) groups is 1. The molecule has 2 aromatic rings. The number of aromatic amines is 1. The monoisotopic (exact) mass is 312 g/mol. The molecule has 0 bridgehead atoms. The van der Waals surface area contributed by atoms with Gasteiger partial charge in [0, 0.05) is 18.3 Å². The molecule has 1 saturated heterocycles. The van der Waals surface area contributed by atoms with Gasteiger partial charge in [-0.2, -0.15) is 5.10 Å². The maximum atomic E-state index is 12.2. The van der Waals surface area contributed by atoms with E-state index in [0.717, 1.165) is 30.0 Å². The van der Waals surface area contributed by atoms with Crippen LogP contribution in [-0.2, 0) is 4.79 Å². The van der Waals surface area contributed by atoms with Crippen LogP contribution in [0.25, 0.3) is 11.3 Å². The van der Waals surface area contributed by atoms with Crippen molar-refractivity contribution < 1.29 is 4.79 Å². The number of nitrogens with zero attached hydrogens (tertiary/aromatic N) is 1. The molecule has 1 aliphatic heterocycles. The third-order valence-corrected chi connectivity index (χ3v) is 4.63. The van der Waals surface area contributed by atoms with Gasteiger partial charge in [-0.25, -0.2) is 0 Å². The van der Waals surface area contributed by atoms with E-state index in [1.807, 2.05) is 30.3 Å². The first kappa shape index (κ1) is 15.7. The van der Waals surface area contributed by atoms with E-state index in [9.17, 15) is 4.79 Å². The van der Waals surface area contributed by atoms with E-state index in [-0.39, 0.29) is 5.91 Å². The van der Waals surface area contributed by atoms with Crippen molar-refractivity contribution in [1.82, 2.24) is 15.5 Å². The fourth-order valence-electron chi connectivity index (χ4n) is 3.19. The molecule has 1 fully saturated rings. The van der Waals surface area contributed by atoms with Crippen LogP contribution in [-0.4, -0.2) is 29.2 Å². The molecule has 3 rings (SSSR count). The molecule has 0 radical (unpaired) electrons. The van der Waals surface area contributed by atoms with E-state index in [4.69, 9.17) is 0 Å². The third-order valence-electron chi connectivity index (χ3n) is 4.63. The average Bonchev–Trinajstić information content (AvgIpc) is 3.11. The van der Waals surface area contributed by atoms with Gasteiger partial charge in [-0.15, -0.1) is 0 Å². The van der Waals surface area contributed by atoms with Gasteiger partial charge in [0.1, 0.15) is 0 Å². The fourth-order valence-corrected chi connectivity index (χ4v) is 3.19. The van der Waals surface area contributed by atoms with E-state index in [2.05, 4.69) is 27.8 Å². The van der Waals surface area contributed by atoms with Gasteiger partial charge < -0.3 is 10.6 Å². The Morgan fingerprint density at radius 3 is 2.83 bits per heavy atom. The molecule has 5 heteroatoms. The highest BCUT2D eigenvalue weighted by Gasteiger charge is 2.21. The minimum atomic E-state index is 0.0948. The summed E-state index contributed by atoms with van der Waals surface area (Å²) in [6.45, 7) is 4.32. The van der Waals surface area contributed by atoms with Crippen molar-refractivity contribution in [3.63, 3.8) is 0 Å². The molecule has 23 heavy (non-hydrogen) atoms. The minimum absolute atomic E-state index is 0.0948. The molecular formula is C18H24N4O. The molecule has 1 amide bonds. The predicted molar refractivity (Wildman–Crippen MR) is 92.0 cm³/mol. The predicted octanol–water partition coefficient (Wildman–Crippen LogP) is 3.04. The molecule has 3 N–H and O–H groups in total. The molecule has 0 aliphatic carbocycles. The largest absolute Gasteiger partial charge is 0.326 e. The van der Waals surface area contributed by atoms with Crippen molar-refractivity contribution in [2.24, 2.45) is 11.8 Å². The van der Waals surface area contributed by atoms with Crippen molar-refractivity contribution in [3.05, 3.63) is 36.5 Å². The second-order valence-electron chi connectivity index (χ2n) is 6.38. The lowest BCUT2D eigenvalue weighted by Crippen LogP contribution is -2.34. The highest BCUT2D eigenvalue weighted by molar-refractivity contribution is 5.91. The van der Waals surface area contributed by atoms with Crippen molar-refractivity contribution in [3.8, 4) is 11.3 Å². The van der Waals surface area contributed by atoms with Gasteiger partial charge in [0.05, 0.1) is 5.69 Å². The number of anilines is 1. The summed E-state index contributed by atoms with van der Waals surface area (Å²) in [4.78, 5) is 12.2. The first-order valence-corrected chi connectivity index (χ1v) is 8.33. The number of piperidine rings is 1. The summed E-state index contributed by atoms with van der Waals surface area (Å²) in [5, 5.41) is 13.3. The smallest absolute Gasteiger partial charge is 0.224 e. The second kappa shape index (κ2) is 7.42. The van der Waals surface area contributed by atoms with Crippen LogP contribution in [0.2, 0.25) is 0 Å². The first-order valence-electron chi connectivity index (χ1n) is 8.33. The van der Waals surface area contributed by atoms with Gasteiger partial charge >= 0.3 is 0 Å². The molecule has 2 atom stereocenters. The van der Waals surface area contributed by atoms with Crippen molar-refractivity contribution in [2.45, 2.75) is 26.2 Å². The normalized spacial score (nSPS) is 19.3. The van der Waals surface area contributed by atoms with Crippen molar-refractivity contribution in [2.75, 3.05) is 18.4 Å². The summed E-state index contributed by atoms with van der Waals surface area (Å²) in [5.74, 6) is 1.11. The summed E-state index contributed by atoms with van der Waals surface area (Å²) in [6.07, 6.45) is 4.74. The van der Waals surface area contributed by atoms with Gasteiger partial charge in [0.25, 0.3) is 0 Å². The number of carbonyl (C=O) groups excluding carboxylic acids is 1. The Labute approximate surface area is 136 Å². The lowest BCUT2D eigenvalue weighted by atomic mass is 9.85. The van der Waals surface area contributed by atoms with Crippen LogP contribution in [0.5, 0.6) is 0 Å². The van der Waals surface area contributed by atoms with Crippen LogP contribution in [0.1, 0.15) is 26.2 Å². The van der Waals surface area contributed by atoms with Gasteiger partial charge in [-0.3, -0.25) is 9.89 Å². The number of hydrogen-bond acceptors (Lipinski definition) is 3. The first-order chi connectivity index (χ1) is 11.2. The Morgan fingerprint density at radius 2 is 2.17 bits per heavy atom. The number of hydrogen-bond donors (Lipinski definition) is 3. The van der Waals surface area contributed by atoms with E-state index >= 15 is 0 Å². The third kappa shape index (κ3) is 4.20. The number of nitrogens with one attached hydrogen (secondary N) is 3. The zero-order chi connectivity index (χ0) is 16.1. The van der Waals surface area contributed by atoms with Crippen molar-refractivity contribution >= 4 is 11.6 Å². The molecule has 2 unspecified atom stereocenters. The molecule has 2 heterocycles. The Bertz CT molecular complexity index is 615. The second-order valence-corrected chi connectivity index (χ2v) is 6.38. The van der Waals surface area contributed by atoms with Crippen LogP contribution in [0.15, 0.2) is 36.5 Å². The van der Waals surface area contributed by atoms with Crippen LogP contribution in [0.4, 0.5) is 5.69 Å². The quantitative estimate of drug-likeness (QED) is 0.795. The number of amides is 1. The molecule has 0 saturated carbocycles. The summed E-state index contributed by atoms with van der Waals surface area (Å²) in [7, 11) is 0. The number of rotatable bonds is 5. The Morgan fingerprint density at radius 1 is 1.35 bits per heavy atom. The van der Waals surface area contributed by atoms with Gasteiger partial charge in [-0.1, -0.05) is 19.1 Å². The zero-order valence-corrected chi connectivity index (χ0v) is 13.5. The van der Waals surface area contributed by atoms with Gasteiger partial charge in [0.2, 0.25) is 5.91 Å². The Kier molecular flexibility index (Phi) is 5.08. The number of aromatic nitrogens is 2. The minimum Gasteiger partial charge on any atom is -0.326 e. The summed E-state index contributed by atoms with van der Waals surface area (Å²) < 4.78 is 0. The molecule has 5 nitrogen and oxygen atoms in total. The fraction of sp³-hybridized carbons (Fsp3) is 0.444. The highest BCUT2D eigenvalue weighted by Crippen LogP contribution is 2.23. The number of benzene rings is 1.